The lowest BCUT2D eigenvalue weighted by molar-refractivity contribution is -0.0690. The Morgan fingerprint density at radius 2 is 1.23 bits per heavy atom. The first-order chi connectivity index (χ1) is 14.3. The van der Waals surface area contributed by atoms with Crippen LogP contribution in [0, 0.1) is 17.3 Å². The molecule has 0 aromatic carbocycles. The lowest BCUT2D eigenvalue weighted by atomic mass is 9.60. The largest absolute Gasteiger partial charge is 0.508 e. The molecule has 3 saturated carbocycles. The van der Waals surface area contributed by atoms with Crippen molar-refractivity contribution in [3.8, 4) is 0 Å². The molecule has 0 aromatic rings. The van der Waals surface area contributed by atoms with Crippen LogP contribution in [0.1, 0.15) is 90.9 Å². The highest BCUT2D eigenvalue weighted by atomic mass is 16.7. The van der Waals surface area contributed by atoms with Crippen LogP contribution in [0.2, 0.25) is 0 Å². The molecule has 172 valence electrons. The number of hydrogen-bond acceptors (Lipinski definition) is 6. The number of aliphatic hydroxyl groups excluding tert-OH is 1. The van der Waals surface area contributed by atoms with Crippen molar-refractivity contribution >= 4 is 12.3 Å². The molecule has 0 amide bonds. The first-order valence-corrected chi connectivity index (χ1v) is 11.7. The van der Waals surface area contributed by atoms with Crippen molar-refractivity contribution in [2.24, 2.45) is 17.3 Å². The van der Waals surface area contributed by atoms with E-state index in [2.05, 4.69) is 13.8 Å². The third-order valence-corrected chi connectivity index (χ3v) is 7.90. The average Bonchev–Trinajstić information content (AvgIpc) is 2.70. The summed E-state index contributed by atoms with van der Waals surface area (Å²) in [5.74, 6) is 1.13. The molecule has 30 heavy (non-hydrogen) atoms. The summed E-state index contributed by atoms with van der Waals surface area (Å²) in [6, 6.07) is 0. The van der Waals surface area contributed by atoms with Crippen LogP contribution >= 0.6 is 0 Å². The molecule has 0 aliphatic heterocycles. The Morgan fingerprint density at radius 1 is 0.733 bits per heavy atom. The van der Waals surface area contributed by atoms with Crippen LogP contribution in [0.15, 0.2) is 0 Å². The summed E-state index contributed by atoms with van der Waals surface area (Å²) in [5, 5.41) is 18.8. The van der Waals surface area contributed by atoms with Gasteiger partial charge in [0.15, 0.2) is 0 Å². The van der Waals surface area contributed by atoms with Gasteiger partial charge >= 0.3 is 12.3 Å². The maximum atomic E-state index is 12.1. The number of carboxylic acid groups (broad SMARTS) is 1. The zero-order chi connectivity index (χ0) is 21.7. The minimum absolute atomic E-state index is 0.106. The van der Waals surface area contributed by atoms with Crippen molar-refractivity contribution in [1.29, 1.82) is 0 Å². The molecule has 3 aliphatic carbocycles. The molecule has 3 fully saturated rings. The normalized spacial score (nSPS) is 35.3. The molecule has 3 rings (SSSR count). The van der Waals surface area contributed by atoms with Crippen molar-refractivity contribution in [2.45, 2.75) is 115 Å². The highest BCUT2D eigenvalue weighted by Gasteiger charge is 2.41. The summed E-state index contributed by atoms with van der Waals surface area (Å²) >= 11 is 0. The van der Waals surface area contributed by atoms with Crippen LogP contribution < -0.4 is 0 Å². The van der Waals surface area contributed by atoms with Gasteiger partial charge in [0.05, 0.1) is 6.10 Å². The fraction of sp³-hybridized carbons (Fsp3) is 0.913. The van der Waals surface area contributed by atoms with E-state index in [0.717, 1.165) is 64.2 Å². The number of carbonyl (C=O) groups excluding carboxylic acids is 1. The van der Waals surface area contributed by atoms with Crippen LogP contribution in [-0.2, 0) is 14.2 Å². The SMILES string of the molecule is CC(C)(C1CCC(OC(=O)O)CC1)C1CCC(OC(=O)OC2CCCCC2O)CC1. The van der Waals surface area contributed by atoms with Gasteiger partial charge in [0.25, 0.3) is 0 Å². The molecule has 0 radical (unpaired) electrons. The number of carbonyl (C=O) groups is 2. The molecule has 7 heteroatoms. The quantitative estimate of drug-likeness (QED) is 0.576. The Morgan fingerprint density at radius 3 is 1.73 bits per heavy atom. The zero-order valence-electron chi connectivity index (χ0n) is 18.4. The maximum absolute atomic E-state index is 12.1. The van der Waals surface area contributed by atoms with Gasteiger partial charge in [-0.2, -0.15) is 0 Å². The summed E-state index contributed by atoms with van der Waals surface area (Å²) < 4.78 is 15.9. The molecule has 3 aliphatic rings. The van der Waals surface area contributed by atoms with Gasteiger partial charge in [-0.3, -0.25) is 0 Å². The fourth-order valence-corrected chi connectivity index (χ4v) is 5.83. The number of aliphatic hydroxyl groups is 1. The van der Waals surface area contributed by atoms with Crippen molar-refractivity contribution in [3.63, 3.8) is 0 Å². The molecule has 2 N–H and O–H groups in total. The molecule has 7 nitrogen and oxygen atoms in total. The minimum Gasteiger partial charge on any atom is -0.450 e. The standard InChI is InChI=1S/C23H38O7/c1-23(2,15-7-11-17(12-8-15)28-21(25)26)16-9-13-18(14-10-16)29-22(27)30-20-6-4-3-5-19(20)24/h15-20,24H,3-14H2,1-2H3,(H,25,26). The van der Waals surface area contributed by atoms with Gasteiger partial charge in [-0.25, -0.2) is 9.59 Å². The summed E-state index contributed by atoms with van der Waals surface area (Å²) in [6.07, 6.45) is 7.58. The van der Waals surface area contributed by atoms with E-state index in [9.17, 15) is 14.7 Å². The van der Waals surface area contributed by atoms with E-state index in [1.54, 1.807) is 0 Å². The van der Waals surface area contributed by atoms with Crippen molar-refractivity contribution < 1.29 is 34.0 Å². The van der Waals surface area contributed by atoms with E-state index in [0.29, 0.717) is 24.7 Å². The molecular formula is C23H38O7. The average molecular weight is 427 g/mol. The Hall–Kier alpha value is -1.50. The van der Waals surface area contributed by atoms with Crippen molar-refractivity contribution in [2.75, 3.05) is 0 Å². The van der Waals surface area contributed by atoms with Gasteiger partial charge in [-0.15, -0.1) is 0 Å². The van der Waals surface area contributed by atoms with Crippen LogP contribution in [0.5, 0.6) is 0 Å². The van der Waals surface area contributed by atoms with Crippen LogP contribution in [-0.4, -0.2) is 46.9 Å². The number of ether oxygens (including phenoxy) is 3. The lowest BCUT2D eigenvalue weighted by Crippen LogP contribution is -2.40. The van der Waals surface area contributed by atoms with E-state index < -0.39 is 24.5 Å². The Balaban J connectivity index is 1.41. The molecule has 2 unspecified atom stereocenters. The van der Waals surface area contributed by atoms with E-state index in [4.69, 9.17) is 19.3 Å². The molecule has 0 bridgehead atoms. The summed E-state index contributed by atoms with van der Waals surface area (Å²) in [5.41, 5.74) is 0.172. The van der Waals surface area contributed by atoms with Gasteiger partial charge in [0.1, 0.15) is 18.3 Å². The van der Waals surface area contributed by atoms with Gasteiger partial charge in [-0.05, 0) is 87.9 Å². The molecular weight excluding hydrogens is 388 g/mol. The summed E-state index contributed by atoms with van der Waals surface area (Å²) in [6.45, 7) is 4.67. The smallest absolute Gasteiger partial charge is 0.450 e. The molecule has 0 aromatic heterocycles. The highest BCUT2D eigenvalue weighted by Crippen LogP contribution is 2.48. The third-order valence-electron chi connectivity index (χ3n) is 7.90. The van der Waals surface area contributed by atoms with Crippen molar-refractivity contribution in [3.05, 3.63) is 0 Å². The molecule has 2 atom stereocenters. The second-order valence-corrected chi connectivity index (χ2v) is 10.0. The predicted molar refractivity (Wildman–Crippen MR) is 110 cm³/mol. The Kier molecular flexibility index (Phi) is 7.88. The first kappa shape index (κ1) is 23.2. The van der Waals surface area contributed by atoms with Crippen molar-refractivity contribution in [1.82, 2.24) is 0 Å². The molecule has 0 spiro atoms. The Bertz CT molecular complexity index is 574. The van der Waals surface area contributed by atoms with E-state index in [1.807, 2.05) is 0 Å². The zero-order valence-corrected chi connectivity index (χ0v) is 18.4. The minimum atomic E-state index is -1.17. The van der Waals surface area contributed by atoms with Crippen LogP contribution in [0.3, 0.4) is 0 Å². The fourth-order valence-electron chi connectivity index (χ4n) is 5.83. The van der Waals surface area contributed by atoms with E-state index in [-0.39, 0.29) is 17.6 Å². The molecule has 0 heterocycles. The van der Waals surface area contributed by atoms with Gasteiger partial charge in [0, 0.05) is 0 Å². The number of hydrogen-bond donors (Lipinski definition) is 2. The Labute approximate surface area is 179 Å². The molecule has 0 saturated heterocycles. The van der Waals surface area contributed by atoms with Gasteiger partial charge in [-0.1, -0.05) is 20.3 Å². The lowest BCUT2D eigenvalue weighted by Gasteiger charge is -2.46. The predicted octanol–water partition coefficient (Wildman–Crippen LogP) is 5.28. The summed E-state index contributed by atoms with van der Waals surface area (Å²) in [4.78, 5) is 22.9. The summed E-state index contributed by atoms with van der Waals surface area (Å²) in [7, 11) is 0. The maximum Gasteiger partial charge on any atom is 0.508 e. The van der Waals surface area contributed by atoms with Gasteiger partial charge in [0.2, 0.25) is 0 Å². The highest BCUT2D eigenvalue weighted by molar-refractivity contribution is 5.60. The van der Waals surface area contributed by atoms with E-state index in [1.165, 1.54) is 0 Å². The number of rotatable bonds is 5. The topological polar surface area (TPSA) is 102 Å². The van der Waals surface area contributed by atoms with Gasteiger partial charge < -0.3 is 24.4 Å². The van der Waals surface area contributed by atoms with Crippen LogP contribution in [0.25, 0.3) is 0 Å². The third kappa shape index (κ3) is 6.02. The monoisotopic (exact) mass is 426 g/mol. The van der Waals surface area contributed by atoms with E-state index >= 15 is 0 Å². The second-order valence-electron chi connectivity index (χ2n) is 10.0. The second kappa shape index (κ2) is 10.2. The van der Waals surface area contributed by atoms with Crippen LogP contribution in [0.4, 0.5) is 9.59 Å². The first-order valence-electron chi connectivity index (χ1n) is 11.7.